The fourth-order valence-corrected chi connectivity index (χ4v) is 4.82. The summed E-state index contributed by atoms with van der Waals surface area (Å²) in [4.78, 5) is 45.0. The van der Waals surface area contributed by atoms with Crippen molar-refractivity contribution in [3.8, 4) is 11.1 Å². The molecule has 2 aromatic heterocycles. The number of nitrogens with zero attached hydrogens (tertiary/aromatic N) is 3. The maximum absolute atomic E-state index is 13.5. The van der Waals surface area contributed by atoms with Crippen molar-refractivity contribution < 1.29 is 14.7 Å². The van der Waals surface area contributed by atoms with Crippen LogP contribution >= 0.6 is 11.6 Å². The van der Waals surface area contributed by atoms with Gasteiger partial charge in [0.2, 0.25) is 5.91 Å². The largest absolute Gasteiger partial charge is 0.481 e. The number of fused-ring (bicyclic) bond motifs is 1. The van der Waals surface area contributed by atoms with Crippen molar-refractivity contribution >= 4 is 40.1 Å². The standard InChI is InChI=1S/C28H23ClN4O4/c29-18-12-13-20-19(15-18)26(17-7-2-1-3-8-17)27(28(37)31-20)22-16-23(21-9-4-5-14-30-21)33(32-22)24(34)10-6-11-25(35)36/h1-5,7-9,12-15,23H,6,10-11,16H2,(H,31,37)(H,35,36)/t23-/m1/s1. The van der Waals surface area contributed by atoms with Crippen molar-refractivity contribution in [2.45, 2.75) is 31.7 Å². The van der Waals surface area contributed by atoms with E-state index in [9.17, 15) is 14.4 Å². The van der Waals surface area contributed by atoms with Crippen LogP contribution in [0.4, 0.5) is 0 Å². The van der Waals surface area contributed by atoms with Gasteiger partial charge in [0.25, 0.3) is 5.56 Å². The van der Waals surface area contributed by atoms with Gasteiger partial charge in [0, 0.05) is 46.9 Å². The summed E-state index contributed by atoms with van der Waals surface area (Å²) in [5.41, 5.74) is 3.26. The molecule has 5 rings (SSSR count). The lowest BCUT2D eigenvalue weighted by Gasteiger charge is -2.21. The third-order valence-corrected chi connectivity index (χ3v) is 6.54. The lowest BCUT2D eigenvalue weighted by Crippen LogP contribution is -2.27. The minimum atomic E-state index is -0.964. The molecule has 1 aliphatic rings. The lowest BCUT2D eigenvalue weighted by atomic mass is 9.91. The van der Waals surface area contributed by atoms with Crippen LogP contribution in [0.5, 0.6) is 0 Å². The Morgan fingerprint density at radius 1 is 1.03 bits per heavy atom. The van der Waals surface area contributed by atoms with Crippen molar-refractivity contribution in [2.75, 3.05) is 0 Å². The molecule has 8 nitrogen and oxygen atoms in total. The number of aromatic nitrogens is 2. The first-order valence-corrected chi connectivity index (χ1v) is 12.2. The maximum Gasteiger partial charge on any atom is 0.303 e. The first-order valence-electron chi connectivity index (χ1n) is 11.9. The number of carbonyl (C=O) groups excluding carboxylic acids is 1. The fraction of sp³-hybridized carbons (Fsp3) is 0.179. The SMILES string of the molecule is O=C(O)CCCC(=O)N1N=C(c2c(-c3ccccc3)c3cc(Cl)ccc3[nH]c2=O)C[C@@H]1c1ccccn1. The summed E-state index contributed by atoms with van der Waals surface area (Å²) in [6, 6.07) is 19.7. The van der Waals surface area contributed by atoms with E-state index in [0.29, 0.717) is 33.1 Å². The predicted molar refractivity (Wildman–Crippen MR) is 141 cm³/mol. The molecular formula is C28H23ClN4O4. The van der Waals surface area contributed by atoms with Crippen LogP contribution in [0.1, 0.15) is 43.0 Å². The molecular weight excluding hydrogens is 492 g/mol. The van der Waals surface area contributed by atoms with E-state index in [1.807, 2.05) is 42.5 Å². The minimum absolute atomic E-state index is 0.0155. The van der Waals surface area contributed by atoms with Crippen LogP contribution in [0.2, 0.25) is 5.02 Å². The summed E-state index contributed by atoms with van der Waals surface area (Å²) in [6.45, 7) is 0. The molecule has 1 amide bonds. The van der Waals surface area contributed by atoms with E-state index in [0.717, 1.165) is 10.9 Å². The van der Waals surface area contributed by atoms with E-state index in [1.54, 1.807) is 30.5 Å². The predicted octanol–water partition coefficient (Wildman–Crippen LogP) is 5.18. The van der Waals surface area contributed by atoms with Crippen LogP contribution in [0.15, 0.2) is 82.8 Å². The highest BCUT2D eigenvalue weighted by atomic mass is 35.5. The monoisotopic (exact) mass is 514 g/mol. The third-order valence-electron chi connectivity index (χ3n) is 6.30. The summed E-state index contributed by atoms with van der Waals surface area (Å²) >= 11 is 6.34. The number of carbonyl (C=O) groups is 2. The maximum atomic E-state index is 13.5. The molecule has 2 N–H and O–H groups in total. The number of aromatic amines is 1. The van der Waals surface area contributed by atoms with Gasteiger partial charge in [0.15, 0.2) is 0 Å². The Morgan fingerprint density at radius 3 is 2.54 bits per heavy atom. The molecule has 37 heavy (non-hydrogen) atoms. The number of H-pyrrole nitrogens is 1. The summed E-state index contributed by atoms with van der Waals surface area (Å²) in [6.07, 6.45) is 2.00. The molecule has 0 fully saturated rings. The highest BCUT2D eigenvalue weighted by Gasteiger charge is 2.36. The number of benzene rings is 2. The number of hydrazone groups is 1. The minimum Gasteiger partial charge on any atom is -0.481 e. The lowest BCUT2D eigenvalue weighted by molar-refractivity contribution is -0.137. The molecule has 0 bridgehead atoms. The fourth-order valence-electron chi connectivity index (χ4n) is 4.65. The van der Waals surface area contributed by atoms with Crippen LogP contribution in [-0.4, -0.2) is 37.7 Å². The van der Waals surface area contributed by atoms with Gasteiger partial charge in [-0.2, -0.15) is 5.10 Å². The quantitative estimate of drug-likeness (QED) is 0.352. The summed E-state index contributed by atoms with van der Waals surface area (Å²) in [5, 5.41) is 16.3. The number of carboxylic acid groups (broad SMARTS) is 1. The van der Waals surface area contributed by atoms with E-state index < -0.39 is 12.0 Å². The molecule has 9 heteroatoms. The number of nitrogens with one attached hydrogen (secondary N) is 1. The van der Waals surface area contributed by atoms with Crippen LogP contribution < -0.4 is 5.56 Å². The number of hydrogen-bond acceptors (Lipinski definition) is 5. The Hall–Kier alpha value is -4.30. The third kappa shape index (κ3) is 5.01. The van der Waals surface area contributed by atoms with Crippen molar-refractivity contribution in [1.82, 2.24) is 15.0 Å². The zero-order valence-electron chi connectivity index (χ0n) is 19.7. The van der Waals surface area contributed by atoms with Crippen LogP contribution in [0.3, 0.4) is 0 Å². The van der Waals surface area contributed by atoms with E-state index in [-0.39, 0.29) is 37.1 Å². The number of halogens is 1. The van der Waals surface area contributed by atoms with E-state index in [1.165, 1.54) is 5.01 Å². The Balaban J connectivity index is 1.66. The number of hydrogen-bond donors (Lipinski definition) is 2. The Bertz CT molecular complexity index is 1570. The zero-order chi connectivity index (χ0) is 25.9. The molecule has 0 saturated heterocycles. The van der Waals surface area contributed by atoms with E-state index >= 15 is 0 Å². The van der Waals surface area contributed by atoms with Gasteiger partial charge in [-0.3, -0.25) is 19.4 Å². The molecule has 0 spiro atoms. The highest BCUT2D eigenvalue weighted by molar-refractivity contribution is 6.31. The van der Waals surface area contributed by atoms with Crippen LogP contribution in [0.25, 0.3) is 22.0 Å². The van der Waals surface area contributed by atoms with Gasteiger partial charge in [-0.1, -0.05) is 48.0 Å². The number of rotatable bonds is 7. The second-order valence-electron chi connectivity index (χ2n) is 8.77. The van der Waals surface area contributed by atoms with E-state index in [4.69, 9.17) is 16.7 Å². The second kappa shape index (κ2) is 10.4. The normalized spacial score (nSPS) is 15.1. The van der Waals surface area contributed by atoms with Gasteiger partial charge in [0.1, 0.15) is 6.04 Å². The van der Waals surface area contributed by atoms with Crippen molar-refractivity contribution in [3.05, 3.63) is 99.6 Å². The smallest absolute Gasteiger partial charge is 0.303 e. The molecule has 3 heterocycles. The molecule has 0 unspecified atom stereocenters. The van der Waals surface area contributed by atoms with Crippen LogP contribution in [-0.2, 0) is 9.59 Å². The molecule has 1 atom stereocenters. The Morgan fingerprint density at radius 2 is 1.81 bits per heavy atom. The Kier molecular flexibility index (Phi) is 6.83. The number of aliphatic carboxylic acids is 1. The number of pyridine rings is 2. The van der Waals surface area contributed by atoms with Crippen molar-refractivity contribution in [3.63, 3.8) is 0 Å². The highest BCUT2D eigenvalue weighted by Crippen LogP contribution is 2.37. The number of carboxylic acids is 1. The molecule has 0 radical (unpaired) electrons. The van der Waals surface area contributed by atoms with Crippen molar-refractivity contribution in [2.24, 2.45) is 5.10 Å². The van der Waals surface area contributed by atoms with Gasteiger partial charge in [0.05, 0.1) is 17.0 Å². The molecule has 0 saturated carbocycles. The van der Waals surface area contributed by atoms with Crippen LogP contribution in [0, 0.1) is 0 Å². The molecule has 0 aliphatic carbocycles. The van der Waals surface area contributed by atoms with E-state index in [2.05, 4.69) is 15.1 Å². The average molecular weight is 515 g/mol. The van der Waals surface area contributed by atoms with Gasteiger partial charge in [-0.15, -0.1) is 0 Å². The zero-order valence-corrected chi connectivity index (χ0v) is 20.5. The first-order chi connectivity index (χ1) is 17.9. The van der Waals surface area contributed by atoms with Gasteiger partial charge < -0.3 is 10.1 Å². The van der Waals surface area contributed by atoms with Gasteiger partial charge in [-0.05, 0) is 42.3 Å². The molecule has 2 aromatic carbocycles. The molecule has 4 aromatic rings. The Labute approximate surface area is 217 Å². The average Bonchev–Trinajstić information content (AvgIpc) is 3.34. The van der Waals surface area contributed by atoms with Crippen molar-refractivity contribution in [1.29, 1.82) is 0 Å². The first kappa shape index (κ1) is 24.4. The second-order valence-corrected chi connectivity index (χ2v) is 9.20. The summed E-state index contributed by atoms with van der Waals surface area (Å²) in [7, 11) is 0. The van der Waals surface area contributed by atoms with Gasteiger partial charge >= 0.3 is 5.97 Å². The summed E-state index contributed by atoms with van der Waals surface area (Å²) in [5.74, 6) is -1.29. The van der Waals surface area contributed by atoms with Gasteiger partial charge in [-0.25, -0.2) is 5.01 Å². The molecule has 1 aliphatic heterocycles. The molecule has 186 valence electrons. The topological polar surface area (TPSA) is 116 Å². The summed E-state index contributed by atoms with van der Waals surface area (Å²) < 4.78 is 0. The number of amides is 1.